The lowest BCUT2D eigenvalue weighted by molar-refractivity contribution is 0.350. The molecule has 1 aliphatic rings. The predicted molar refractivity (Wildman–Crippen MR) is 23.8 cm³/mol. The molecular formula is C3H9N3. The van der Waals surface area contributed by atoms with Gasteiger partial charge in [-0.15, -0.1) is 0 Å². The molecule has 1 saturated heterocycles. The second-order valence-corrected chi connectivity index (χ2v) is 1.47. The minimum Gasteiger partial charge on any atom is -0.302 e. The van der Waals surface area contributed by atoms with Crippen LogP contribution >= 0.6 is 0 Å². The fourth-order valence-corrected chi connectivity index (χ4v) is 0.524. The number of nitrogens with two attached hydrogens (primary N) is 1. The Hall–Kier alpha value is -0.120. The zero-order valence-corrected chi connectivity index (χ0v) is 3.65. The van der Waals surface area contributed by atoms with Gasteiger partial charge in [0, 0.05) is 13.1 Å². The van der Waals surface area contributed by atoms with Gasteiger partial charge >= 0.3 is 0 Å². The highest BCUT2D eigenvalue weighted by molar-refractivity contribution is 4.57. The van der Waals surface area contributed by atoms with Crippen LogP contribution in [0.15, 0.2) is 0 Å². The first-order chi connectivity index (χ1) is 2.89. The highest BCUT2D eigenvalue weighted by atomic mass is 15.5. The molecule has 1 fully saturated rings. The van der Waals surface area contributed by atoms with Gasteiger partial charge in [0.25, 0.3) is 0 Å². The maximum Gasteiger partial charge on any atom is 0.0619 e. The first kappa shape index (κ1) is 4.05. The summed E-state index contributed by atoms with van der Waals surface area (Å²) in [4.78, 5) is 0. The summed E-state index contributed by atoms with van der Waals surface area (Å²) in [5.41, 5.74) is 0. The molecule has 6 heavy (non-hydrogen) atoms. The van der Waals surface area contributed by atoms with Crippen LogP contribution < -0.4 is 11.2 Å². The lowest BCUT2D eigenvalue weighted by Crippen LogP contribution is -2.28. The van der Waals surface area contributed by atoms with Gasteiger partial charge in [-0.1, -0.05) is 0 Å². The van der Waals surface area contributed by atoms with Crippen molar-refractivity contribution in [3.05, 3.63) is 0 Å². The van der Waals surface area contributed by atoms with E-state index in [2.05, 4.69) is 5.32 Å². The summed E-state index contributed by atoms with van der Waals surface area (Å²) in [6.45, 7) is 2.87. The third-order valence-electron chi connectivity index (χ3n) is 0.891. The number of hydrogen-bond donors (Lipinski definition) is 2. The fourth-order valence-electron chi connectivity index (χ4n) is 0.524. The number of nitrogens with one attached hydrogen (secondary N) is 1. The van der Waals surface area contributed by atoms with Gasteiger partial charge in [-0.3, -0.25) is 5.84 Å². The smallest absolute Gasteiger partial charge is 0.0619 e. The molecule has 0 radical (unpaired) electrons. The molecule has 0 aromatic rings. The summed E-state index contributed by atoms with van der Waals surface area (Å²) in [5.74, 6) is 5.31. The van der Waals surface area contributed by atoms with Crippen LogP contribution in [-0.2, 0) is 0 Å². The summed E-state index contributed by atoms with van der Waals surface area (Å²) < 4.78 is 0. The molecule has 1 rings (SSSR count). The van der Waals surface area contributed by atoms with E-state index in [0.29, 0.717) is 0 Å². The Bertz CT molecular complexity index is 39.3. The number of nitrogens with zero attached hydrogens (tertiary/aromatic N) is 1. The van der Waals surface area contributed by atoms with E-state index in [9.17, 15) is 0 Å². The Morgan fingerprint density at radius 3 is 2.67 bits per heavy atom. The molecule has 0 unspecified atom stereocenters. The zero-order chi connectivity index (χ0) is 4.41. The average molecular weight is 87.1 g/mol. The summed E-state index contributed by atoms with van der Waals surface area (Å²) in [5, 5.41) is 4.82. The van der Waals surface area contributed by atoms with Crippen molar-refractivity contribution in [2.24, 2.45) is 5.84 Å². The average Bonchev–Trinajstić information content (AvgIpc) is 1.86. The van der Waals surface area contributed by atoms with E-state index < -0.39 is 0 Å². The lowest BCUT2D eigenvalue weighted by atomic mass is 10.7. The van der Waals surface area contributed by atoms with Gasteiger partial charge in [-0.05, 0) is 0 Å². The molecule has 1 aliphatic heterocycles. The van der Waals surface area contributed by atoms with Crippen LogP contribution in [-0.4, -0.2) is 24.8 Å². The van der Waals surface area contributed by atoms with Gasteiger partial charge in [0.2, 0.25) is 0 Å². The Morgan fingerprint density at radius 2 is 2.50 bits per heavy atom. The van der Waals surface area contributed by atoms with E-state index >= 15 is 0 Å². The summed E-state index contributed by atoms with van der Waals surface area (Å²) in [6, 6.07) is 0. The molecule has 3 N–H and O–H groups in total. The molecule has 1 heterocycles. The first-order valence-electron chi connectivity index (χ1n) is 2.10. The maximum atomic E-state index is 5.31. The van der Waals surface area contributed by atoms with Crippen molar-refractivity contribution in [1.29, 1.82) is 0 Å². The second-order valence-electron chi connectivity index (χ2n) is 1.47. The van der Waals surface area contributed by atoms with E-state index in [1.807, 2.05) is 0 Å². The van der Waals surface area contributed by atoms with Gasteiger partial charge in [0.15, 0.2) is 0 Å². The van der Waals surface area contributed by atoms with Crippen LogP contribution in [0.5, 0.6) is 0 Å². The molecule has 0 amide bonds. The van der Waals surface area contributed by atoms with Gasteiger partial charge in [-0.25, -0.2) is 5.01 Å². The zero-order valence-electron chi connectivity index (χ0n) is 3.65. The minimum absolute atomic E-state index is 0.847. The van der Waals surface area contributed by atoms with Crippen LogP contribution in [0.4, 0.5) is 0 Å². The van der Waals surface area contributed by atoms with Crippen molar-refractivity contribution >= 4 is 0 Å². The van der Waals surface area contributed by atoms with Crippen LogP contribution in [0.2, 0.25) is 0 Å². The predicted octanol–water partition coefficient (Wildman–Crippen LogP) is -1.28. The Labute approximate surface area is 37.1 Å². The molecule has 3 nitrogen and oxygen atoms in total. The number of rotatable bonds is 0. The quantitative estimate of drug-likeness (QED) is 0.362. The molecule has 0 aliphatic carbocycles. The maximum absolute atomic E-state index is 5.31. The third-order valence-corrected chi connectivity index (χ3v) is 0.891. The van der Waals surface area contributed by atoms with Crippen molar-refractivity contribution in [3.63, 3.8) is 0 Å². The molecule has 0 bridgehead atoms. The Morgan fingerprint density at radius 1 is 1.67 bits per heavy atom. The molecule has 0 spiro atoms. The lowest BCUT2D eigenvalue weighted by Gasteiger charge is -2.00. The van der Waals surface area contributed by atoms with Crippen LogP contribution in [0.25, 0.3) is 0 Å². The molecule has 0 aromatic heterocycles. The summed E-state index contributed by atoms with van der Waals surface area (Å²) in [6.07, 6.45) is 0. The molecule has 0 atom stereocenters. The van der Waals surface area contributed by atoms with Crippen molar-refractivity contribution in [1.82, 2.24) is 10.3 Å². The van der Waals surface area contributed by atoms with Crippen molar-refractivity contribution < 1.29 is 0 Å². The normalized spacial score (nSPS) is 25.5. The number of hydrogen-bond acceptors (Lipinski definition) is 3. The van der Waals surface area contributed by atoms with Crippen LogP contribution in [0.3, 0.4) is 0 Å². The molecule has 36 valence electrons. The van der Waals surface area contributed by atoms with Crippen molar-refractivity contribution in [2.75, 3.05) is 19.8 Å². The Kier molecular flexibility index (Phi) is 1.05. The molecule has 0 saturated carbocycles. The SMILES string of the molecule is NN1CCNC1. The van der Waals surface area contributed by atoms with Gasteiger partial charge in [0.1, 0.15) is 0 Å². The van der Waals surface area contributed by atoms with E-state index in [4.69, 9.17) is 5.84 Å². The fraction of sp³-hybridized carbons (Fsp3) is 1.00. The first-order valence-corrected chi connectivity index (χ1v) is 2.10. The van der Waals surface area contributed by atoms with Crippen molar-refractivity contribution in [2.45, 2.75) is 0 Å². The van der Waals surface area contributed by atoms with Crippen LogP contribution in [0, 0.1) is 0 Å². The number of hydrazine groups is 1. The highest BCUT2D eigenvalue weighted by Gasteiger charge is 2.02. The molecule has 3 heteroatoms. The highest BCUT2D eigenvalue weighted by Crippen LogP contribution is 1.78. The standard InChI is InChI=1S/C3H9N3/c4-6-2-1-5-3-6/h5H,1-4H2. The second kappa shape index (κ2) is 1.55. The summed E-state index contributed by atoms with van der Waals surface area (Å²) >= 11 is 0. The van der Waals surface area contributed by atoms with E-state index in [0.717, 1.165) is 19.8 Å². The van der Waals surface area contributed by atoms with Crippen molar-refractivity contribution in [3.8, 4) is 0 Å². The van der Waals surface area contributed by atoms with E-state index in [-0.39, 0.29) is 0 Å². The summed E-state index contributed by atoms with van der Waals surface area (Å²) in [7, 11) is 0. The van der Waals surface area contributed by atoms with E-state index in [1.54, 1.807) is 5.01 Å². The van der Waals surface area contributed by atoms with Crippen LogP contribution in [0.1, 0.15) is 0 Å². The third kappa shape index (κ3) is 0.680. The van der Waals surface area contributed by atoms with Gasteiger partial charge in [0.05, 0.1) is 6.67 Å². The van der Waals surface area contributed by atoms with Gasteiger partial charge < -0.3 is 5.32 Å². The largest absolute Gasteiger partial charge is 0.302 e. The Balaban J connectivity index is 2.18. The molecular weight excluding hydrogens is 78.1 g/mol. The topological polar surface area (TPSA) is 41.3 Å². The molecule has 0 aromatic carbocycles. The minimum atomic E-state index is 0.847. The monoisotopic (exact) mass is 87.1 g/mol. The van der Waals surface area contributed by atoms with E-state index in [1.165, 1.54) is 0 Å². The van der Waals surface area contributed by atoms with Gasteiger partial charge in [-0.2, -0.15) is 0 Å².